The number of nitrogens with zero attached hydrogens (tertiary/aromatic N) is 2. The zero-order valence-corrected chi connectivity index (χ0v) is 14.7. The number of halogens is 1. The highest BCUT2D eigenvalue weighted by molar-refractivity contribution is 5.91. The zero-order chi connectivity index (χ0) is 18.5. The van der Waals surface area contributed by atoms with Crippen molar-refractivity contribution in [3.05, 3.63) is 59.8 Å². The Kier molecular flexibility index (Phi) is 5.55. The second-order valence-corrected chi connectivity index (χ2v) is 6.33. The van der Waals surface area contributed by atoms with Crippen LogP contribution in [0.2, 0.25) is 0 Å². The van der Waals surface area contributed by atoms with Crippen molar-refractivity contribution in [1.82, 2.24) is 15.1 Å². The van der Waals surface area contributed by atoms with Crippen molar-refractivity contribution in [2.24, 2.45) is 0 Å². The molecule has 0 unspecified atom stereocenters. The minimum Gasteiger partial charge on any atom is -0.459 e. The SMILES string of the molecule is C[C@@H](NC(=O)N1CCCN(C(=O)c2ccco2)CC1)c1ccc(F)cc1. The van der Waals surface area contributed by atoms with Crippen LogP contribution in [0.25, 0.3) is 0 Å². The van der Waals surface area contributed by atoms with E-state index in [1.807, 2.05) is 6.92 Å². The van der Waals surface area contributed by atoms with Gasteiger partial charge in [-0.25, -0.2) is 9.18 Å². The molecule has 0 spiro atoms. The highest BCUT2D eigenvalue weighted by atomic mass is 19.1. The maximum absolute atomic E-state index is 13.0. The molecular weight excluding hydrogens is 337 g/mol. The first kappa shape index (κ1) is 18.0. The topological polar surface area (TPSA) is 65.8 Å². The molecule has 2 heterocycles. The zero-order valence-electron chi connectivity index (χ0n) is 14.7. The molecule has 1 saturated heterocycles. The van der Waals surface area contributed by atoms with Crippen LogP contribution < -0.4 is 5.32 Å². The van der Waals surface area contributed by atoms with E-state index >= 15 is 0 Å². The van der Waals surface area contributed by atoms with E-state index in [0.29, 0.717) is 38.4 Å². The summed E-state index contributed by atoms with van der Waals surface area (Å²) in [6.07, 6.45) is 2.17. The average molecular weight is 359 g/mol. The third-order valence-corrected chi connectivity index (χ3v) is 4.51. The van der Waals surface area contributed by atoms with Crippen LogP contribution >= 0.6 is 0 Å². The standard InChI is InChI=1S/C19H22FN3O3/c1-14(15-5-7-16(20)8-6-15)21-19(25)23-10-3-9-22(11-12-23)18(24)17-4-2-13-26-17/h2,4-8,13-14H,3,9-12H2,1H3,(H,21,25)/t14-/m1/s1. The summed E-state index contributed by atoms with van der Waals surface area (Å²) in [6, 6.07) is 8.98. The molecule has 26 heavy (non-hydrogen) atoms. The number of hydrogen-bond donors (Lipinski definition) is 1. The first-order chi connectivity index (χ1) is 12.5. The van der Waals surface area contributed by atoms with E-state index in [4.69, 9.17) is 4.42 Å². The fourth-order valence-corrected chi connectivity index (χ4v) is 2.99. The third-order valence-electron chi connectivity index (χ3n) is 4.51. The van der Waals surface area contributed by atoms with E-state index in [9.17, 15) is 14.0 Å². The lowest BCUT2D eigenvalue weighted by atomic mass is 10.1. The molecule has 2 aromatic rings. The summed E-state index contributed by atoms with van der Waals surface area (Å²) >= 11 is 0. The predicted octanol–water partition coefficient (Wildman–Crippen LogP) is 3.04. The highest BCUT2D eigenvalue weighted by Gasteiger charge is 2.24. The molecule has 3 rings (SSSR count). The van der Waals surface area contributed by atoms with Gasteiger partial charge in [0.15, 0.2) is 5.76 Å². The molecular formula is C19H22FN3O3. The van der Waals surface area contributed by atoms with Gasteiger partial charge in [-0.15, -0.1) is 0 Å². The van der Waals surface area contributed by atoms with E-state index in [2.05, 4.69) is 5.32 Å². The summed E-state index contributed by atoms with van der Waals surface area (Å²) in [5, 5.41) is 2.93. The van der Waals surface area contributed by atoms with Crippen LogP contribution in [0.5, 0.6) is 0 Å². The fourth-order valence-electron chi connectivity index (χ4n) is 2.99. The molecule has 0 radical (unpaired) electrons. The molecule has 1 fully saturated rings. The Hall–Kier alpha value is -2.83. The van der Waals surface area contributed by atoms with Crippen molar-refractivity contribution in [1.29, 1.82) is 0 Å². The summed E-state index contributed by atoms with van der Waals surface area (Å²) in [5.41, 5.74) is 0.837. The number of urea groups is 1. The number of hydrogen-bond acceptors (Lipinski definition) is 3. The predicted molar refractivity (Wildman–Crippen MR) is 94.1 cm³/mol. The number of amides is 3. The molecule has 7 heteroatoms. The van der Waals surface area contributed by atoms with Gasteiger partial charge in [0.2, 0.25) is 0 Å². The molecule has 1 N–H and O–H groups in total. The van der Waals surface area contributed by atoms with Crippen molar-refractivity contribution in [2.75, 3.05) is 26.2 Å². The van der Waals surface area contributed by atoms with Crippen molar-refractivity contribution in [3.63, 3.8) is 0 Å². The second-order valence-electron chi connectivity index (χ2n) is 6.33. The van der Waals surface area contributed by atoms with Gasteiger partial charge in [0.05, 0.1) is 12.3 Å². The maximum atomic E-state index is 13.0. The Labute approximate surface area is 151 Å². The van der Waals surface area contributed by atoms with Crippen LogP contribution in [0.4, 0.5) is 9.18 Å². The molecule has 1 aromatic carbocycles. The Morgan fingerprint density at radius 1 is 1.08 bits per heavy atom. The lowest BCUT2D eigenvalue weighted by Crippen LogP contribution is -2.43. The molecule has 1 aliphatic heterocycles. The monoisotopic (exact) mass is 359 g/mol. The first-order valence-electron chi connectivity index (χ1n) is 8.68. The number of rotatable bonds is 3. The van der Waals surface area contributed by atoms with Gasteiger partial charge >= 0.3 is 6.03 Å². The summed E-state index contributed by atoms with van der Waals surface area (Å²) in [4.78, 5) is 28.3. The van der Waals surface area contributed by atoms with Gasteiger partial charge < -0.3 is 19.5 Å². The highest BCUT2D eigenvalue weighted by Crippen LogP contribution is 2.14. The number of carbonyl (C=O) groups excluding carboxylic acids is 2. The number of furan rings is 1. The fraction of sp³-hybridized carbons (Fsp3) is 0.368. The van der Waals surface area contributed by atoms with Crippen LogP contribution in [0.3, 0.4) is 0 Å². The van der Waals surface area contributed by atoms with Crippen LogP contribution in [0.15, 0.2) is 47.1 Å². The Bertz CT molecular complexity index is 746. The van der Waals surface area contributed by atoms with Gasteiger partial charge in [0, 0.05) is 26.2 Å². The van der Waals surface area contributed by atoms with Crippen LogP contribution in [0.1, 0.15) is 35.5 Å². The lowest BCUT2D eigenvalue weighted by molar-refractivity contribution is 0.0730. The number of benzene rings is 1. The van der Waals surface area contributed by atoms with Crippen molar-refractivity contribution in [3.8, 4) is 0 Å². The quantitative estimate of drug-likeness (QED) is 0.916. The van der Waals surface area contributed by atoms with Crippen molar-refractivity contribution in [2.45, 2.75) is 19.4 Å². The van der Waals surface area contributed by atoms with E-state index < -0.39 is 0 Å². The molecule has 0 bridgehead atoms. The summed E-state index contributed by atoms with van der Waals surface area (Å²) < 4.78 is 18.2. The molecule has 1 aromatic heterocycles. The maximum Gasteiger partial charge on any atom is 0.317 e. The molecule has 1 aliphatic rings. The average Bonchev–Trinajstić information content (AvgIpc) is 3.06. The Morgan fingerprint density at radius 2 is 1.77 bits per heavy atom. The van der Waals surface area contributed by atoms with Gasteiger partial charge in [-0.3, -0.25) is 4.79 Å². The minimum atomic E-state index is -0.305. The van der Waals surface area contributed by atoms with Gasteiger partial charge in [-0.05, 0) is 43.2 Å². The minimum absolute atomic E-state index is 0.156. The molecule has 138 valence electrons. The summed E-state index contributed by atoms with van der Waals surface area (Å²) in [6.45, 7) is 3.92. The van der Waals surface area contributed by atoms with Crippen molar-refractivity contribution >= 4 is 11.9 Å². The van der Waals surface area contributed by atoms with Crippen LogP contribution in [0, 0.1) is 5.82 Å². The van der Waals surface area contributed by atoms with Gasteiger partial charge in [0.25, 0.3) is 5.91 Å². The largest absolute Gasteiger partial charge is 0.459 e. The number of nitrogens with one attached hydrogen (secondary N) is 1. The van der Waals surface area contributed by atoms with Crippen LogP contribution in [-0.4, -0.2) is 47.9 Å². The molecule has 0 aliphatic carbocycles. The van der Waals surface area contributed by atoms with Crippen LogP contribution in [-0.2, 0) is 0 Å². The molecule has 6 nitrogen and oxygen atoms in total. The second kappa shape index (κ2) is 8.03. The molecule has 3 amide bonds. The van der Waals surface area contributed by atoms with Crippen molar-refractivity contribution < 1.29 is 18.4 Å². The molecule has 1 atom stereocenters. The summed E-state index contributed by atoms with van der Waals surface area (Å²) in [7, 11) is 0. The first-order valence-corrected chi connectivity index (χ1v) is 8.68. The Morgan fingerprint density at radius 3 is 2.46 bits per heavy atom. The van der Waals surface area contributed by atoms with E-state index in [1.165, 1.54) is 18.4 Å². The van der Waals surface area contributed by atoms with Gasteiger partial charge in [0.1, 0.15) is 5.82 Å². The smallest absolute Gasteiger partial charge is 0.317 e. The molecule has 0 saturated carbocycles. The Balaban J connectivity index is 1.55. The lowest BCUT2D eigenvalue weighted by Gasteiger charge is -2.24. The van der Waals surface area contributed by atoms with Gasteiger partial charge in [-0.2, -0.15) is 0 Å². The third kappa shape index (κ3) is 4.22. The van der Waals surface area contributed by atoms with E-state index in [0.717, 1.165) is 5.56 Å². The van der Waals surface area contributed by atoms with E-state index in [1.54, 1.807) is 34.1 Å². The normalized spacial score (nSPS) is 16.1. The summed E-state index contributed by atoms with van der Waals surface area (Å²) in [5.74, 6) is -0.147. The number of carbonyl (C=O) groups is 2. The van der Waals surface area contributed by atoms with Gasteiger partial charge in [-0.1, -0.05) is 12.1 Å². The van der Waals surface area contributed by atoms with E-state index in [-0.39, 0.29) is 23.8 Å².